The van der Waals surface area contributed by atoms with Gasteiger partial charge in [-0.1, -0.05) is 0 Å². The van der Waals surface area contributed by atoms with E-state index in [1.165, 1.54) is 0 Å². The Morgan fingerprint density at radius 2 is 2.42 bits per heavy atom. The topological polar surface area (TPSA) is 71.8 Å². The first kappa shape index (κ1) is 6.84. The van der Waals surface area contributed by atoms with Gasteiger partial charge in [-0.25, -0.2) is 0 Å². The Labute approximate surface area is 68.4 Å². The summed E-state index contributed by atoms with van der Waals surface area (Å²) in [5.74, 6) is -0.483. The molecule has 2 aromatic rings. The van der Waals surface area contributed by atoms with Crippen LogP contribution in [0.1, 0.15) is 10.5 Å². The molecule has 0 atom stereocenters. The zero-order valence-corrected chi connectivity index (χ0v) is 6.24. The van der Waals surface area contributed by atoms with Crippen LogP contribution in [0.2, 0.25) is 0 Å². The normalized spacial score (nSPS) is 10.3. The number of amides is 1. The minimum Gasteiger partial charge on any atom is -0.364 e. The van der Waals surface area contributed by atoms with Crippen LogP contribution >= 0.6 is 0 Å². The number of nitrogens with two attached hydrogens (primary N) is 1. The number of H-pyrrole nitrogens is 1. The van der Waals surface area contributed by atoms with Gasteiger partial charge in [-0.2, -0.15) is 0 Å². The summed E-state index contributed by atoms with van der Waals surface area (Å²) >= 11 is 0. The molecule has 4 heteroatoms. The Balaban J connectivity index is 2.79. The molecule has 0 radical (unpaired) electrons. The Hall–Kier alpha value is -1.84. The van der Waals surface area contributed by atoms with Crippen molar-refractivity contribution in [2.75, 3.05) is 0 Å². The highest BCUT2D eigenvalue weighted by Crippen LogP contribution is 2.13. The van der Waals surface area contributed by atoms with Crippen molar-refractivity contribution in [3.63, 3.8) is 0 Å². The van der Waals surface area contributed by atoms with Gasteiger partial charge in [0.15, 0.2) is 0 Å². The number of primary amides is 1. The Bertz CT molecular complexity index is 433. The number of carbonyl (C=O) groups is 1. The molecule has 4 nitrogen and oxygen atoms in total. The number of nitrogens with zero attached hydrogens (tertiary/aromatic N) is 1. The van der Waals surface area contributed by atoms with Crippen molar-refractivity contribution in [2.45, 2.75) is 0 Å². The summed E-state index contributed by atoms with van der Waals surface area (Å²) in [5, 5.41) is 0.895. The van der Waals surface area contributed by atoms with Gasteiger partial charge in [0.05, 0.1) is 0 Å². The molecular formula is C8H7N3O. The van der Waals surface area contributed by atoms with Crippen molar-refractivity contribution < 1.29 is 4.79 Å². The van der Waals surface area contributed by atoms with Gasteiger partial charge in [0.25, 0.3) is 5.91 Å². The van der Waals surface area contributed by atoms with Crippen molar-refractivity contribution in [1.82, 2.24) is 9.97 Å². The standard InChI is InChI=1S/C8H7N3O/c9-8(12)7-6-5(4-11-7)2-1-3-10-6/h1-4,11H,(H2,9,12). The number of rotatable bonds is 1. The Morgan fingerprint density at radius 3 is 3.17 bits per heavy atom. The third-order valence-corrected chi connectivity index (χ3v) is 1.69. The van der Waals surface area contributed by atoms with Crippen LogP contribution in [0, 0.1) is 0 Å². The summed E-state index contributed by atoms with van der Waals surface area (Å²) in [6, 6.07) is 3.67. The summed E-state index contributed by atoms with van der Waals surface area (Å²) in [5.41, 5.74) is 6.11. The van der Waals surface area contributed by atoms with Crippen LogP contribution in [-0.2, 0) is 0 Å². The first-order chi connectivity index (χ1) is 5.79. The SMILES string of the molecule is NC(=O)c1[nH]cc2cccnc12. The summed E-state index contributed by atoms with van der Waals surface area (Å²) in [7, 11) is 0. The van der Waals surface area contributed by atoms with E-state index in [2.05, 4.69) is 9.97 Å². The molecule has 0 aliphatic rings. The van der Waals surface area contributed by atoms with E-state index in [1.807, 2.05) is 6.07 Å². The number of aromatic amines is 1. The van der Waals surface area contributed by atoms with Gasteiger partial charge in [-0.05, 0) is 12.1 Å². The molecule has 3 N–H and O–H groups in total. The monoisotopic (exact) mass is 161 g/mol. The molecule has 0 aliphatic carbocycles. The molecule has 2 rings (SSSR count). The first-order valence-corrected chi connectivity index (χ1v) is 3.51. The van der Waals surface area contributed by atoms with E-state index in [9.17, 15) is 4.79 Å². The van der Waals surface area contributed by atoms with E-state index < -0.39 is 5.91 Å². The third kappa shape index (κ3) is 0.852. The smallest absolute Gasteiger partial charge is 0.267 e. The fourth-order valence-electron chi connectivity index (χ4n) is 1.15. The second-order valence-electron chi connectivity index (χ2n) is 2.47. The molecular weight excluding hydrogens is 154 g/mol. The van der Waals surface area contributed by atoms with E-state index in [1.54, 1.807) is 18.5 Å². The van der Waals surface area contributed by atoms with Gasteiger partial charge < -0.3 is 10.7 Å². The molecule has 0 fully saturated rings. The maximum atomic E-state index is 10.8. The van der Waals surface area contributed by atoms with Crippen molar-refractivity contribution in [3.05, 3.63) is 30.2 Å². The van der Waals surface area contributed by atoms with Crippen LogP contribution < -0.4 is 5.73 Å². The van der Waals surface area contributed by atoms with Crippen LogP contribution in [0.15, 0.2) is 24.5 Å². The molecule has 1 amide bonds. The number of fused-ring (bicyclic) bond motifs is 1. The summed E-state index contributed by atoms with van der Waals surface area (Å²) < 4.78 is 0. The highest BCUT2D eigenvalue weighted by atomic mass is 16.1. The van der Waals surface area contributed by atoms with Crippen LogP contribution in [0.4, 0.5) is 0 Å². The Kier molecular flexibility index (Phi) is 1.33. The van der Waals surface area contributed by atoms with Crippen molar-refractivity contribution in [2.24, 2.45) is 5.73 Å². The van der Waals surface area contributed by atoms with E-state index in [4.69, 9.17) is 5.73 Å². The second-order valence-corrected chi connectivity index (χ2v) is 2.47. The van der Waals surface area contributed by atoms with E-state index in [0.29, 0.717) is 11.2 Å². The van der Waals surface area contributed by atoms with Crippen LogP contribution in [0.25, 0.3) is 10.9 Å². The lowest BCUT2D eigenvalue weighted by Crippen LogP contribution is -2.11. The zero-order chi connectivity index (χ0) is 8.55. The molecule has 2 heterocycles. The van der Waals surface area contributed by atoms with Gasteiger partial charge in [-0.15, -0.1) is 0 Å². The molecule has 2 aromatic heterocycles. The molecule has 12 heavy (non-hydrogen) atoms. The van der Waals surface area contributed by atoms with Crippen molar-refractivity contribution >= 4 is 16.8 Å². The lowest BCUT2D eigenvalue weighted by Gasteiger charge is -1.89. The second kappa shape index (κ2) is 2.34. The molecule has 0 saturated heterocycles. The fourth-order valence-corrected chi connectivity index (χ4v) is 1.15. The predicted molar refractivity (Wildman–Crippen MR) is 44.6 cm³/mol. The lowest BCUT2D eigenvalue weighted by molar-refractivity contribution is 0.0997. The minimum absolute atomic E-state index is 0.366. The van der Waals surface area contributed by atoms with E-state index >= 15 is 0 Å². The third-order valence-electron chi connectivity index (χ3n) is 1.69. The molecule has 60 valence electrons. The zero-order valence-electron chi connectivity index (χ0n) is 6.24. The highest BCUT2D eigenvalue weighted by Gasteiger charge is 2.07. The molecule has 0 unspecified atom stereocenters. The number of carbonyl (C=O) groups excluding carboxylic acids is 1. The number of nitrogens with one attached hydrogen (secondary N) is 1. The van der Waals surface area contributed by atoms with Gasteiger partial charge >= 0.3 is 0 Å². The van der Waals surface area contributed by atoms with Gasteiger partial charge in [-0.3, -0.25) is 9.78 Å². The van der Waals surface area contributed by atoms with E-state index in [0.717, 1.165) is 5.39 Å². The van der Waals surface area contributed by atoms with E-state index in [-0.39, 0.29) is 0 Å². The molecule has 0 bridgehead atoms. The van der Waals surface area contributed by atoms with Crippen LogP contribution in [-0.4, -0.2) is 15.9 Å². The summed E-state index contributed by atoms with van der Waals surface area (Å²) in [6.07, 6.45) is 3.34. The van der Waals surface area contributed by atoms with Gasteiger partial charge in [0, 0.05) is 17.8 Å². The molecule has 0 saturated carbocycles. The van der Waals surface area contributed by atoms with Crippen LogP contribution in [0.3, 0.4) is 0 Å². The predicted octanol–water partition coefficient (Wildman–Crippen LogP) is 0.662. The number of hydrogen-bond donors (Lipinski definition) is 2. The number of aromatic nitrogens is 2. The number of pyridine rings is 1. The maximum absolute atomic E-state index is 10.8. The van der Waals surface area contributed by atoms with Gasteiger partial charge in [0.1, 0.15) is 11.2 Å². The number of hydrogen-bond acceptors (Lipinski definition) is 2. The average molecular weight is 161 g/mol. The molecule has 0 aliphatic heterocycles. The fraction of sp³-hybridized carbons (Fsp3) is 0. The lowest BCUT2D eigenvalue weighted by atomic mass is 10.3. The van der Waals surface area contributed by atoms with Crippen LogP contribution in [0.5, 0.6) is 0 Å². The molecule has 0 spiro atoms. The molecule has 0 aromatic carbocycles. The minimum atomic E-state index is -0.483. The summed E-state index contributed by atoms with van der Waals surface area (Å²) in [6.45, 7) is 0. The van der Waals surface area contributed by atoms with Crippen molar-refractivity contribution in [3.8, 4) is 0 Å². The summed E-state index contributed by atoms with van der Waals surface area (Å²) in [4.78, 5) is 17.6. The first-order valence-electron chi connectivity index (χ1n) is 3.51. The van der Waals surface area contributed by atoms with Gasteiger partial charge in [0.2, 0.25) is 0 Å². The largest absolute Gasteiger partial charge is 0.364 e. The maximum Gasteiger partial charge on any atom is 0.267 e. The highest BCUT2D eigenvalue weighted by molar-refractivity contribution is 6.03. The Morgan fingerprint density at radius 1 is 1.58 bits per heavy atom. The quantitative estimate of drug-likeness (QED) is 0.644. The van der Waals surface area contributed by atoms with Crippen molar-refractivity contribution in [1.29, 1.82) is 0 Å². The average Bonchev–Trinajstić information content (AvgIpc) is 2.47.